The molecule has 136 valence electrons. The van der Waals surface area contributed by atoms with Crippen LogP contribution in [0.3, 0.4) is 0 Å². The minimum atomic E-state index is -0.910. The molecule has 0 bridgehead atoms. The summed E-state index contributed by atoms with van der Waals surface area (Å²) in [6.07, 6.45) is 0.238. The second-order valence-electron chi connectivity index (χ2n) is 5.87. The zero-order valence-corrected chi connectivity index (χ0v) is 14.8. The Morgan fingerprint density at radius 1 is 1.00 bits per heavy atom. The molecule has 0 amide bonds. The number of aliphatic carboxylic acids is 1. The lowest BCUT2D eigenvalue weighted by Crippen LogP contribution is -2.00. The third kappa shape index (κ3) is 2.98. The number of hydrogen-bond acceptors (Lipinski definition) is 4. The van der Waals surface area contributed by atoms with Crippen LogP contribution in [0.15, 0.2) is 30.3 Å². The molecule has 26 heavy (non-hydrogen) atoms. The van der Waals surface area contributed by atoms with Gasteiger partial charge in [0.2, 0.25) is 0 Å². The summed E-state index contributed by atoms with van der Waals surface area (Å²) >= 11 is 0. The van der Waals surface area contributed by atoms with Crippen LogP contribution in [-0.2, 0) is 11.2 Å². The SMILES string of the molecule is COc1ccc2c(F)c3cc(CCC(=O)O)cc(OC)c3c(OC)c2c1. The number of carboxylic acid groups (broad SMARTS) is 1. The van der Waals surface area contributed by atoms with Crippen LogP contribution in [0.25, 0.3) is 21.5 Å². The average molecular weight is 358 g/mol. The molecule has 3 rings (SSSR count). The summed E-state index contributed by atoms with van der Waals surface area (Å²) in [5.41, 5.74) is 0.686. The zero-order chi connectivity index (χ0) is 18.8. The molecular formula is C20H19FO5. The number of aryl methyl sites for hydroxylation is 1. The van der Waals surface area contributed by atoms with Crippen molar-refractivity contribution in [2.24, 2.45) is 0 Å². The number of fused-ring (bicyclic) bond motifs is 2. The molecule has 0 aliphatic heterocycles. The number of ether oxygens (including phenoxy) is 3. The van der Waals surface area contributed by atoms with E-state index >= 15 is 4.39 Å². The summed E-state index contributed by atoms with van der Waals surface area (Å²) in [6, 6.07) is 8.42. The standard InChI is InChI=1S/C20H19FO5/c1-24-12-5-6-13-14(10-12)20(26-3)18-15(19(13)21)8-11(4-7-17(22)23)9-16(18)25-2/h5-6,8-10H,4,7H2,1-3H3,(H,22,23). The van der Waals surface area contributed by atoms with Crippen molar-refractivity contribution in [3.05, 3.63) is 41.7 Å². The van der Waals surface area contributed by atoms with Crippen molar-refractivity contribution in [2.75, 3.05) is 21.3 Å². The van der Waals surface area contributed by atoms with Gasteiger partial charge in [-0.15, -0.1) is 0 Å². The van der Waals surface area contributed by atoms with Gasteiger partial charge in [-0.3, -0.25) is 4.79 Å². The maximum atomic E-state index is 15.2. The van der Waals surface area contributed by atoms with E-state index in [2.05, 4.69) is 0 Å². The van der Waals surface area contributed by atoms with Crippen molar-refractivity contribution in [3.63, 3.8) is 0 Å². The van der Waals surface area contributed by atoms with Crippen LogP contribution in [0.1, 0.15) is 12.0 Å². The van der Waals surface area contributed by atoms with Crippen molar-refractivity contribution < 1.29 is 28.5 Å². The van der Waals surface area contributed by atoms with Crippen LogP contribution in [0.4, 0.5) is 4.39 Å². The van der Waals surface area contributed by atoms with Gasteiger partial charge in [0, 0.05) is 22.6 Å². The van der Waals surface area contributed by atoms with E-state index < -0.39 is 11.8 Å². The molecule has 0 aliphatic rings. The van der Waals surface area contributed by atoms with E-state index in [0.717, 1.165) is 0 Å². The fourth-order valence-electron chi connectivity index (χ4n) is 3.16. The molecule has 0 atom stereocenters. The second kappa shape index (κ2) is 7.07. The molecule has 0 spiro atoms. The highest BCUT2D eigenvalue weighted by Gasteiger charge is 2.20. The number of benzene rings is 3. The lowest BCUT2D eigenvalue weighted by Gasteiger charge is -2.16. The van der Waals surface area contributed by atoms with Gasteiger partial charge >= 0.3 is 5.97 Å². The second-order valence-corrected chi connectivity index (χ2v) is 5.87. The molecular weight excluding hydrogens is 339 g/mol. The Labute approximate surface area is 149 Å². The molecule has 5 nitrogen and oxygen atoms in total. The first-order chi connectivity index (χ1) is 12.5. The monoisotopic (exact) mass is 358 g/mol. The molecule has 0 saturated heterocycles. The third-order valence-electron chi connectivity index (χ3n) is 4.38. The van der Waals surface area contributed by atoms with Crippen LogP contribution < -0.4 is 14.2 Å². The van der Waals surface area contributed by atoms with E-state index in [4.69, 9.17) is 19.3 Å². The van der Waals surface area contributed by atoms with Gasteiger partial charge < -0.3 is 19.3 Å². The predicted octanol–water partition coefficient (Wildman–Crippen LogP) is 4.18. The summed E-state index contributed by atoms with van der Waals surface area (Å²) in [5, 5.41) is 10.7. The highest BCUT2D eigenvalue weighted by Crippen LogP contribution is 2.43. The van der Waals surface area contributed by atoms with E-state index in [1.165, 1.54) is 14.2 Å². The lowest BCUT2D eigenvalue weighted by atomic mass is 9.97. The van der Waals surface area contributed by atoms with Crippen LogP contribution in [0.2, 0.25) is 0 Å². The van der Waals surface area contributed by atoms with E-state index in [1.54, 1.807) is 37.4 Å². The van der Waals surface area contributed by atoms with Crippen molar-refractivity contribution in [3.8, 4) is 17.2 Å². The van der Waals surface area contributed by atoms with Gasteiger partial charge in [-0.2, -0.15) is 0 Å². The molecule has 3 aromatic rings. The number of carboxylic acids is 1. The number of carbonyl (C=O) groups is 1. The summed E-state index contributed by atoms with van der Waals surface area (Å²) in [4.78, 5) is 10.9. The summed E-state index contributed by atoms with van der Waals surface area (Å²) in [5.74, 6) is 0.188. The quantitative estimate of drug-likeness (QED) is 0.670. The van der Waals surface area contributed by atoms with Gasteiger partial charge in [0.1, 0.15) is 23.1 Å². The van der Waals surface area contributed by atoms with Gasteiger partial charge in [0.05, 0.1) is 26.7 Å². The van der Waals surface area contributed by atoms with Gasteiger partial charge in [-0.05, 0) is 42.3 Å². The third-order valence-corrected chi connectivity index (χ3v) is 4.38. The smallest absolute Gasteiger partial charge is 0.303 e. The zero-order valence-electron chi connectivity index (χ0n) is 14.8. The Morgan fingerprint density at radius 3 is 2.38 bits per heavy atom. The van der Waals surface area contributed by atoms with Crippen molar-refractivity contribution in [1.29, 1.82) is 0 Å². The maximum Gasteiger partial charge on any atom is 0.303 e. The number of hydrogen-bond donors (Lipinski definition) is 1. The first-order valence-corrected chi connectivity index (χ1v) is 8.05. The molecule has 0 fully saturated rings. The Hall–Kier alpha value is -3.02. The topological polar surface area (TPSA) is 65.0 Å². The maximum absolute atomic E-state index is 15.2. The predicted molar refractivity (Wildman–Crippen MR) is 97.0 cm³/mol. The molecule has 0 radical (unpaired) electrons. The minimum Gasteiger partial charge on any atom is -0.497 e. The molecule has 6 heteroatoms. The van der Waals surface area contributed by atoms with Crippen molar-refractivity contribution in [2.45, 2.75) is 12.8 Å². The number of rotatable bonds is 6. The van der Waals surface area contributed by atoms with E-state index in [1.807, 2.05) is 0 Å². The van der Waals surface area contributed by atoms with E-state index in [0.29, 0.717) is 44.4 Å². The Kier molecular flexibility index (Phi) is 4.84. The van der Waals surface area contributed by atoms with Crippen LogP contribution in [-0.4, -0.2) is 32.4 Å². The van der Waals surface area contributed by atoms with Crippen molar-refractivity contribution in [1.82, 2.24) is 0 Å². The molecule has 0 aliphatic carbocycles. The summed E-state index contributed by atoms with van der Waals surface area (Å²) in [6.45, 7) is 0. The Balaban J connectivity index is 2.37. The lowest BCUT2D eigenvalue weighted by molar-refractivity contribution is -0.136. The van der Waals surface area contributed by atoms with Gasteiger partial charge in [-0.1, -0.05) is 0 Å². The van der Waals surface area contributed by atoms with Crippen LogP contribution in [0, 0.1) is 5.82 Å². The minimum absolute atomic E-state index is 0.0435. The fraction of sp³-hybridized carbons (Fsp3) is 0.250. The molecule has 1 N–H and O–H groups in total. The normalized spacial score (nSPS) is 10.9. The fourth-order valence-corrected chi connectivity index (χ4v) is 3.16. The highest BCUT2D eigenvalue weighted by molar-refractivity contribution is 6.09. The molecule has 0 unspecified atom stereocenters. The Morgan fingerprint density at radius 2 is 1.77 bits per heavy atom. The summed E-state index contributed by atoms with van der Waals surface area (Å²) < 4.78 is 31.5. The first kappa shape index (κ1) is 17.8. The van der Waals surface area contributed by atoms with Crippen LogP contribution >= 0.6 is 0 Å². The van der Waals surface area contributed by atoms with Crippen LogP contribution in [0.5, 0.6) is 17.2 Å². The molecule has 0 saturated carbocycles. The molecule has 3 aromatic carbocycles. The first-order valence-electron chi connectivity index (χ1n) is 8.05. The van der Waals surface area contributed by atoms with E-state index in [9.17, 15) is 4.79 Å². The highest BCUT2D eigenvalue weighted by atomic mass is 19.1. The largest absolute Gasteiger partial charge is 0.497 e. The Bertz CT molecular complexity index is 997. The number of methoxy groups -OCH3 is 3. The summed E-state index contributed by atoms with van der Waals surface area (Å²) in [7, 11) is 4.55. The number of halogens is 1. The molecule has 0 aromatic heterocycles. The van der Waals surface area contributed by atoms with E-state index in [-0.39, 0.29) is 12.8 Å². The van der Waals surface area contributed by atoms with Gasteiger partial charge in [0.25, 0.3) is 0 Å². The van der Waals surface area contributed by atoms with Crippen molar-refractivity contribution >= 4 is 27.5 Å². The van der Waals surface area contributed by atoms with Gasteiger partial charge in [0.15, 0.2) is 0 Å². The molecule has 0 heterocycles. The average Bonchev–Trinajstić information content (AvgIpc) is 2.66. The van der Waals surface area contributed by atoms with Gasteiger partial charge in [-0.25, -0.2) is 4.39 Å².